The first-order valence-corrected chi connectivity index (χ1v) is 6.66. The Morgan fingerprint density at radius 1 is 1.44 bits per heavy atom. The van der Waals surface area contributed by atoms with Crippen LogP contribution in [0.1, 0.15) is 25.8 Å². The Balaban J connectivity index is 2.77. The maximum atomic E-state index is 13.7. The third kappa shape index (κ3) is 4.56. The Hall–Kier alpha value is -0.640. The molecule has 0 aromatic heterocycles. The van der Waals surface area contributed by atoms with Gasteiger partial charge in [-0.05, 0) is 50.1 Å². The van der Waals surface area contributed by atoms with Crippen molar-refractivity contribution in [3.05, 3.63) is 34.6 Å². The Labute approximate surface area is 113 Å². The lowest BCUT2D eigenvalue weighted by Crippen LogP contribution is -2.41. The normalized spacial score (nSPS) is 14.5. The van der Waals surface area contributed by atoms with E-state index >= 15 is 0 Å². The molecule has 0 saturated heterocycles. The van der Waals surface area contributed by atoms with Crippen molar-refractivity contribution in [3.8, 4) is 0 Å². The van der Waals surface area contributed by atoms with Crippen LogP contribution >= 0.6 is 11.6 Å². The summed E-state index contributed by atoms with van der Waals surface area (Å²) < 4.78 is 19.0. The Bertz CT molecular complexity index is 373. The van der Waals surface area contributed by atoms with E-state index < -0.39 is 0 Å². The Morgan fingerprint density at radius 2 is 2.17 bits per heavy atom. The van der Waals surface area contributed by atoms with Gasteiger partial charge in [-0.15, -0.1) is 0 Å². The maximum absolute atomic E-state index is 13.7. The van der Waals surface area contributed by atoms with Gasteiger partial charge in [-0.1, -0.05) is 18.5 Å². The van der Waals surface area contributed by atoms with E-state index in [2.05, 4.69) is 12.2 Å². The van der Waals surface area contributed by atoms with Gasteiger partial charge < -0.3 is 10.1 Å². The zero-order valence-electron chi connectivity index (χ0n) is 11.2. The molecule has 2 unspecified atom stereocenters. The van der Waals surface area contributed by atoms with Crippen molar-refractivity contribution in [2.75, 3.05) is 13.7 Å². The highest BCUT2D eigenvalue weighted by molar-refractivity contribution is 6.30. The summed E-state index contributed by atoms with van der Waals surface area (Å²) in [5, 5.41) is 3.94. The largest absolute Gasteiger partial charge is 0.380 e. The van der Waals surface area contributed by atoms with Gasteiger partial charge in [0.2, 0.25) is 0 Å². The standard InChI is InChI=1S/C14H21ClFNO/c1-4-7-17-14(10(2)18-3)9-11-8-12(15)5-6-13(11)16/h5-6,8,10,14,17H,4,7,9H2,1-3H3. The van der Waals surface area contributed by atoms with Crippen molar-refractivity contribution in [2.24, 2.45) is 0 Å². The van der Waals surface area contributed by atoms with E-state index in [9.17, 15) is 4.39 Å². The van der Waals surface area contributed by atoms with Gasteiger partial charge in [0.15, 0.2) is 0 Å². The topological polar surface area (TPSA) is 21.3 Å². The highest BCUT2D eigenvalue weighted by Crippen LogP contribution is 2.17. The van der Waals surface area contributed by atoms with Crippen LogP contribution in [0.5, 0.6) is 0 Å². The van der Waals surface area contributed by atoms with E-state index in [-0.39, 0.29) is 18.0 Å². The molecule has 1 aromatic rings. The molecule has 0 fully saturated rings. The molecule has 1 N–H and O–H groups in total. The van der Waals surface area contributed by atoms with Gasteiger partial charge in [0.1, 0.15) is 5.82 Å². The Morgan fingerprint density at radius 3 is 2.78 bits per heavy atom. The van der Waals surface area contributed by atoms with Crippen LogP contribution in [0.4, 0.5) is 4.39 Å². The van der Waals surface area contributed by atoms with Crippen LogP contribution < -0.4 is 5.32 Å². The summed E-state index contributed by atoms with van der Waals surface area (Å²) >= 11 is 5.90. The zero-order valence-corrected chi connectivity index (χ0v) is 11.9. The number of benzene rings is 1. The highest BCUT2D eigenvalue weighted by Gasteiger charge is 2.18. The van der Waals surface area contributed by atoms with Crippen LogP contribution in [0.15, 0.2) is 18.2 Å². The molecule has 0 aliphatic rings. The summed E-state index contributed by atoms with van der Waals surface area (Å²) in [5.41, 5.74) is 0.625. The fourth-order valence-corrected chi connectivity index (χ4v) is 2.03. The summed E-state index contributed by atoms with van der Waals surface area (Å²) in [4.78, 5) is 0. The molecule has 0 amide bonds. The molecule has 0 radical (unpaired) electrons. The number of methoxy groups -OCH3 is 1. The third-order valence-electron chi connectivity index (χ3n) is 3.04. The van der Waals surface area contributed by atoms with Crippen LogP contribution in [0.3, 0.4) is 0 Å². The fraction of sp³-hybridized carbons (Fsp3) is 0.571. The molecule has 0 aliphatic carbocycles. The molecule has 1 aromatic carbocycles. The van der Waals surface area contributed by atoms with Gasteiger partial charge in [-0.25, -0.2) is 4.39 Å². The van der Waals surface area contributed by atoms with Crippen molar-refractivity contribution in [1.82, 2.24) is 5.32 Å². The monoisotopic (exact) mass is 273 g/mol. The predicted molar refractivity (Wildman–Crippen MR) is 73.7 cm³/mol. The van der Waals surface area contributed by atoms with Gasteiger partial charge >= 0.3 is 0 Å². The van der Waals surface area contributed by atoms with Crippen molar-refractivity contribution >= 4 is 11.6 Å². The molecule has 1 rings (SSSR count). The first-order valence-electron chi connectivity index (χ1n) is 6.28. The van der Waals surface area contributed by atoms with E-state index in [1.807, 2.05) is 6.92 Å². The van der Waals surface area contributed by atoms with Crippen molar-refractivity contribution in [2.45, 2.75) is 38.8 Å². The minimum Gasteiger partial charge on any atom is -0.380 e. The number of hydrogen-bond donors (Lipinski definition) is 1. The fourth-order valence-electron chi connectivity index (χ4n) is 1.83. The van der Waals surface area contributed by atoms with Crippen LogP contribution in [0, 0.1) is 5.82 Å². The molecule has 18 heavy (non-hydrogen) atoms. The van der Waals surface area contributed by atoms with E-state index in [0.29, 0.717) is 17.0 Å². The number of rotatable bonds is 7. The highest BCUT2D eigenvalue weighted by atomic mass is 35.5. The van der Waals surface area contributed by atoms with Gasteiger partial charge in [0.05, 0.1) is 6.10 Å². The van der Waals surface area contributed by atoms with Gasteiger partial charge in [0, 0.05) is 18.2 Å². The molecule has 0 aliphatic heterocycles. The van der Waals surface area contributed by atoms with E-state index in [4.69, 9.17) is 16.3 Å². The first kappa shape index (κ1) is 15.4. The molecule has 0 saturated carbocycles. The SMILES string of the molecule is CCCNC(Cc1cc(Cl)ccc1F)C(C)OC. The lowest BCUT2D eigenvalue weighted by molar-refractivity contribution is 0.0828. The van der Waals surface area contributed by atoms with E-state index in [0.717, 1.165) is 13.0 Å². The average molecular weight is 274 g/mol. The summed E-state index contributed by atoms with van der Waals surface area (Å²) in [7, 11) is 1.67. The molecule has 0 bridgehead atoms. The molecule has 2 nitrogen and oxygen atoms in total. The second-order valence-corrected chi connectivity index (χ2v) is 4.88. The van der Waals surface area contributed by atoms with Gasteiger partial charge in [-0.3, -0.25) is 0 Å². The third-order valence-corrected chi connectivity index (χ3v) is 3.28. The number of ether oxygens (including phenoxy) is 1. The zero-order chi connectivity index (χ0) is 13.5. The molecular weight excluding hydrogens is 253 g/mol. The minimum absolute atomic E-state index is 0.0231. The minimum atomic E-state index is -0.217. The maximum Gasteiger partial charge on any atom is 0.126 e. The van der Waals surface area contributed by atoms with E-state index in [1.54, 1.807) is 19.2 Å². The molecule has 0 heterocycles. The number of halogens is 2. The average Bonchev–Trinajstić information content (AvgIpc) is 2.37. The number of hydrogen-bond acceptors (Lipinski definition) is 2. The predicted octanol–water partition coefficient (Wildman–Crippen LogP) is 3.42. The van der Waals surface area contributed by atoms with Crippen LogP contribution in [0.2, 0.25) is 5.02 Å². The summed E-state index contributed by atoms with van der Waals surface area (Å²) in [6.45, 7) is 4.97. The van der Waals surface area contributed by atoms with Crippen molar-refractivity contribution in [1.29, 1.82) is 0 Å². The van der Waals surface area contributed by atoms with Crippen LogP contribution in [-0.4, -0.2) is 25.8 Å². The molecule has 102 valence electrons. The lowest BCUT2D eigenvalue weighted by Gasteiger charge is -2.24. The Kier molecular flexibility index (Phi) is 6.61. The van der Waals surface area contributed by atoms with Crippen LogP contribution in [0.25, 0.3) is 0 Å². The van der Waals surface area contributed by atoms with Crippen molar-refractivity contribution in [3.63, 3.8) is 0 Å². The molecule has 0 spiro atoms. The molecular formula is C14H21ClFNO. The second kappa shape index (κ2) is 7.72. The summed E-state index contributed by atoms with van der Waals surface area (Å²) in [6.07, 6.45) is 1.63. The molecule has 2 atom stereocenters. The smallest absolute Gasteiger partial charge is 0.126 e. The van der Waals surface area contributed by atoms with Gasteiger partial charge in [0.25, 0.3) is 0 Å². The summed E-state index contributed by atoms with van der Waals surface area (Å²) in [6, 6.07) is 4.74. The second-order valence-electron chi connectivity index (χ2n) is 4.44. The van der Waals surface area contributed by atoms with E-state index in [1.165, 1.54) is 6.07 Å². The quantitative estimate of drug-likeness (QED) is 0.822. The summed E-state index contributed by atoms with van der Waals surface area (Å²) in [5.74, 6) is -0.217. The molecule has 4 heteroatoms. The number of nitrogens with one attached hydrogen (secondary N) is 1. The van der Waals surface area contributed by atoms with Gasteiger partial charge in [-0.2, -0.15) is 0 Å². The lowest BCUT2D eigenvalue weighted by atomic mass is 10.0. The first-order chi connectivity index (χ1) is 8.58. The van der Waals surface area contributed by atoms with Crippen molar-refractivity contribution < 1.29 is 9.13 Å². The van der Waals surface area contributed by atoms with Crippen LogP contribution in [-0.2, 0) is 11.2 Å².